The summed E-state index contributed by atoms with van der Waals surface area (Å²) in [4.78, 5) is 11.8. The Bertz CT molecular complexity index is 772. The number of hydrogen-bond acceptors (Lipinski definition) is 4. The molecule has 2 aromatic carbocycles. The second-order valence-corrected chi connectivity index (χ2v) is 5.18. The monoisotopic (exact) mass is 302 g/mol. The maximum Gasteiger partial charge on any atom is 0.319 e. The van der Waals surface area contributed by atoms with Crippen LogP contribution in [0.4, 0.5) is 14.9 Å². The van der Waals surface area contributed by atoms with Crippen LogP contribution >= 0.6 is 11.5 Å². The molecule has 0 aliphatic carbocycles. The minimum atomic E-state index is -0.323. The Morgan fingerprint density at radius 1 is 1.19 bits per heavy atom. The number of rotatable bonds is 3. The predicted octanol–water partition coefficient (Wildman–Crippen LogP) is 3.15. The van der Waals surface area contributed by atoms with Gasteiger partial charge in [-0.15, -0.1) is 5.10 Å². The van der Waals surface area contributed by atoms with E-state index in [2.05, 4.69) is 20.2 Å². The van der Waals surface area contributed by atoms with Crippen LogP contribution < -0.4 is 10.6 Å². The Morgan fingerprint density at radius 2 is 2.00 bits per heavy atom. The average Bonchev–Trinajstić information content (AvgIpc) is 2.94. The van der Waals surface area contributed by atoms with Gasteiger partial charge in [-0.1, -0.05) is 16.6 Å². The standard InChI is InChI=1S/C14H11FN4OS/c15-10-3-1-9(2-4-10)8-16-14(20)17-11-5-6-12-13(7-11)21-19-18-12/h1-7H,8H2,(H2,16,17,20). The van der Waals surface area contributed by atoms with E-state index in [1.54, 1.807) is 24.3 Å². The lowest BCUT2D eigenvalue weighted by molar-refractivity contribution is 0.251. The predicted molar refractivity (Wildman–Crippen MR) is 79.7 cm³/mol. The van der Waals surface area contributed by atoms with Gasteiger partial charge in [-0.3, -0.25) is 0 Å². The normalized spacial score (nSPS) is 10.5. The summed E-state index contributed by atoms with van der Waals surface area (Å²) in [5, 5.41) is 9.37. The van der Waals surface area contributed by atoms with E-state index in [0.29, 0.717) is 12.2 Å². The Balaban J connectivity index is 1.59. The fourth-order valence-corrected chi connectivity index (χ4v) is 2.41. The maximum atomic E-state index is 12.8. The van der Waals surface area contributed by atoms with Crippen molar-refractivity contribution in [1.82, 2.24) is 14.9 Å². The highest BCUT2D eigenvalue weighted by atomic mass is 32.1. The van der Waals surface area contributed by atoms with Crippen molar-refractivity contribution in [3.05, 3.63) is 53.8 Å². The molecule has 5 nitrogen and oxygen atoms in total. The van der Waals surface area contributed by atoms with Gasteiger partial charge in [-0.25, -0.2) is 9.18 Å². The largest absolute Gasteiger partial charge is 0.334 e. The third kappa shape index (κ3) is 3.32. The van der Waals surface area contributed by atoms with Gasteiger partial charge >= 0.3 is 6.03 Å². The minimum Gasteiger partial charge on any atom is -0.334 e. The second kappa shape index (κ2) is 5.84. The first-order valence-electron chi connectivity index (χ1n) is 6.22. The number of anilines is 1. The third-order valence-electron chi connectivity index (χ3n) is 2.87. The molecule has 0 aliphatic heterocycles. The number of hydrogen-bond donors (Lipinski definition) is 2. The third-order valence-corrected chi connectivity index (χ3v) is 3.56. The molecule has 106 valence electrons. The van der Waals surface area contributed by atoms with E-state index in [4.69, 9.17) is 0 Å². The van der Waals surface area contributed by atoms with Crippen molar-refractivity contribution in [3.8, 4) is 0 Å². The highest BCUT2D eigenvalue weighted by Gasteiger charge is 2.04. The Morgan fingerprint density at radius 3 is 2.81 bits per heavy atom. The van der Waals surface area contributed by atoms with Crippen molar-refractivity contribution in [1.29, 1.82) is 0 Å². The molecule has 0 unspecified atom stereocenters. The van der Waals surface area contributed by atoms with Crippen molar-refractivity contribution in [2.75, 3.05) is 5.32 Å². The molecule has 3 rings (SSSR count). The molecule has 1 aromatic heterocycles. The van der Waals surface area contributed by atoms with Gasteiger partial charge < -0.3 is 10.6 Å². The van der Waals surface area contributed by atoms with Gasteiger partial charge in [-0.2, -0.15) is 0 Å². The molecule has 7 heteroatoms. The highest BCUT2D eigenvalue weighted by molar-refractivity contribution is 7.12. The van der Waals surface area contributed by atoms with E-state index in [0.717, 1.165) is 15.8 Å². The first-order chi connectivity index (χ1) is 10.2. The number of carbonyl (C=O) groups excluding carboxylic acids is 1. The molecular formula is C14H11FN4OS. The lowest BCUT2D eigenvalue weighted by atomic mass is 10.2. The molecule has 21 heavy (non-hydrogen) atoms. The summed E-state index contributed by atoms with van der Waals surface area (Å²) in [7, 11) is 0. The van der Waals surface area contributed by atoms with Crippen LogP contribution in [0.2, 0.25) is 0 Å². The van der Waals surface area contributed by atoms with Crippen LogP contribution in [-0.4, -0.2) is 15.6 Å². The number of nitrogens with one attached hydrogen (secondary N) is 2. The number of carbonyl (C=O) groups is 1. The van der Waals surface area contributed by atoms with Crippen molar-refractivity contribution < 1.29 is 9.18 Å². The molecule has 1 heterocycles. The summed E-state index contributed by atoms with van der Waals surface area (Å²) < 4.78 is 17.5. The number of halogens is 1. The lowest BCUT2D eigenvalue weighted by Crippen LogP contribution is -2.28. The number of benzene rings is 2. The number of nitrogens with zero attached hydrogens (tertiary/aromatic N) is 2. The molecule has 0 spiro atoms. The summed E-state index contributed by atoms with van der Waals surface area (Å²) in [6, 6.07) is 11.0. The zero-order valence-corrected chi connectivity index (χ0v) is 11.7. The lowest BCUT2D eigenvalue weighted by Gasteiger charge is -2.07. The van der Waals surface area contributed by atoms with Crippen molar-refractivity contribution in [2.45, 2.75) is 6.54 Å². The molecule has 0 fully saturated rings. The molecule has 2 amide bonds. The zero-order chi connectivity index (χ0) is 14.7. The molecule has 0 aliphatic rings. The van der Waals surface area contributed by atoms with Gasteiger partial charge in [0.05, 0.1) is 4.70 Å². The van der Waals surface area contributed by atoms with Crippen LogP contribution in [-0.2, 0) is 6.54 Å². The van der Waals surface area contributed by atoms with Crippen LogP contribution in [0.1, 0.15) is 5.56 Å². The first kappa shape index (κ1) is 13.4. The van der Waals surface area contributed by atoms with Crippen molar-refractivity contribution >= 4 is 33.5 Å². The smallest absolute Gasteiger partial charge is 0.319 e. The Hall–Kier alpha value is -2.54. The van der Waals surface area contributed by atoms with Crippen LogP contribution in [0.5, 0.6) is 0 Å². The minimum absolute atomic E-state index is 0.297. The maximum absolute atomic E-state index is 12.8. The summed E-state index contributed by atoms with van der Waals surface area (Å²) in [5.74, 6) is -0.297. The number of fused-ring (bicyclic) bond motifs is 1. The van der Waals surface area contributed by atoms with Crippen LogP contribution in [0, 0.1) is 5.82 Å². The fourth-order valence-electron chi connectivity index (χ4n) is 1.82. The second-order valence-electron chi connectivity index (χ2n) is 4.39. The van der Waals surface area contributed by atoms with Crippen LogP contribution in [0.15, 0.2) is 42.5 Å². The molecular weight excluding hydrogens is 291 g/mol. The van der Waals surface area contributed by atoms with E-state index in [9.17, 15) is 9.18 Å². The van der Waals surface area contributed by atoms with Gasteiger partial charge in [0, 0.05) is 12.2 Å². The molecule has 2 N–H and O–H groups in total. The van der Waals surface area contributed by atoms with Gasteiger partial charge in [-0.05, 0) is 47.4 Å². The molecule has 3 aromatic rings. The molecule has 0 atom stereocenters. The topological polar surface area (TPSA) is 66.9 Å². The fraction of sp³-hybridized carbons (Fsp3) is 0.0714. The van der Waals surface area contributed by atoms with Gasteiger partial charge in [0.1, 0.15) is 11.3 Å². The average molecular weight is 302 g/mol. The van der Waals surface area contributed by atoms with Gasteiger partial charge in [0.15, 0.2) is 0 Å². The van der Waals surface area contributed by atoms with Gasteiger partial charge in [0.25, 0.3) is 0 Å². The van der Waals surface area contributed by atoms with Crippen molar-refractivity contribution in [2.24, 2.45) is 0 Å². The SMILES string of the molecule is O=C(NCc1ccc(F)cc1)Nc1ccc2nnsc2c1. The Labute approximate surface area is 124 Å². The number of urea groups is 1. The molecule has 0 saturated carbocycles. The quantitative estimate of drug-likeness (QED) is 0.781. The zero-order valence-electron chi connectivity index (χ0n) is 10.8. The summed E-state index contributed by atoms with van der Waals surface area (Å²) >= 11 is 1.27. The summed E-state index contributed by atoms with van der Waals surface area (Å²) in [5.41, 5.74) is 2.30. The molecule has 0 radical (unpaired) electrons. The highest BCUT2D eigenvalue weighted by Crippen LogP contribution is 2.19. The molecule has 0 bridgehead atoms. The van der Waals surface area contributed by atoms with Crippen LogP contribution in [0.25, 0.3) is 10.2 Å². The van der Waals surface area contributed by atoms with E-state index in [-0.39, 0.29) is 11.8 Å². The van der Waals surface area contributed by atoms with Crippen LogP contribution in [0.3, 0.4) is 0 Å². The summed E-state index contributed by atoms with van der Waals surface area (Å²) in [6.07, 6.45) is 0. The van der Waals surface area contributed by atoms with E-state index in [1.807, 2.05) is 6.07 Å². The number of aromatic nitrogens is 2. The first-order valence-corrected chi connectivity index (χ1v) is 6.99. The van der Waals surface area contributed by atoms with E-state index >= 15 is 0 Å². The van der Waals surface area contributed by atoms with E-state index in [1.165, 1.54) is 23.7 Å². The van der Waals surface area contributed by atoms with Gasteiger partial charge in [0.2, 0.25) is 0 Å². The molecule has 0 saturated heterocycles. The number of amides is 2. The summed E-state index contributed by atoms with van der Waals surface area (Å²) in [6.45, 7) is 0.330. The van der Waals surface area contributed by atoms with E-state index < -0.39 is 0 Å². The Kier molecular flexibility index (Phi) is 3.74. The van der Waals surface area contributed by atoms with Crippen molar-refractivity contribution in [3.63, 3.8) is 0 Å².